The lowest BCUT2D eigenvalue weighted by Gasteiger charge is -2.15. The number of amides is 1. The minimum atomic E-state index is -4.55. The fraction of sp³-hybridized carbons (Fsp3) is 0.450. The van der Waals surface area contributed by atoms with Crippen molar-refractivity contribution in [3.8, 4) is 0 Å². The van der Waals surface area contributed by atoms with Crippen LogP contribution in [0.25, 0.3) is 5.65 Å². The summed E-state index contributed by atoms with van der Waals surface area (Å²) in [5.74, 6) is -0.563. The average molecular weight is 418 g/mol. The van der Waals surface area contributed by atoms with E-state index in [2.05, 4.69) is 20.1 Å². The van der Waals surface area contributed by atoms with Gasteiger partial charge in [0, 0.05) is 37.0 Å². The van der Waals surface area contributed by atoms with Crippen LogP contribution in [0.3, 0.4) is 0 Å². The lowest BCUT2D eigenvalue weighted by molar-refractivity contribution is -0.142. The van der Waals surface area contributed by atoms with Crippen molar-refractivity contribution in [3.63, 3.8) is 0 Å². The van der Waals surface area contributed by atoms with Gasteiger partial charge in [0.25, 0.3) is 5.91 Å². The van der Waals surface area contributed by atoms with Crippen LogP contribution >= 0.6 is 0 Å². The zero-order valence-electron chi connectivity index (χ0n) is 16.8. The highest BCUT2D eigenvalue weighted by Crippen LogP contribution is 2.33. The Hall–Kier alpha value is -3.04. The first kappa shape index (κ1) is 20.2. The number of hydrogen-bond acceptors (Lipinski definition) is 5. The number of carbonyl (C=O) groups excluding carboxylic acids is 1. The third-order valence-corrected chi connectivity index (χ3v) is 5.24. The van der Waals surface area contributed by atoms with E-state index in [1.165, 1.54) is 12.4 Å². The summed E-state index contributed by atoms with van der Waals surface area (Å²) < 4.78 is 41.6. The monoisotopic (exact) mass is 418 g/mol. The molecule has 1 saturated heterocycles. The summed E-state index contributed by atoms with van der Waals surface area (Å²) in [6, 6.07) is 2.64. The summed E-state index contributed by atoms with van der Waals surface area (Å²) >= 11 is 0. The Kier molecular flexibility index (Phi) is 4.95. The second-order valence-corrected chi connectivity index (χ2v) is 7.84. The van der Waals surface area contributed by atoms with E-state index in [4.69, 9.17) is 0 Å². The molecule has 4 heterocycles. The molecule has 10 heteroatoms. The van der Waals surface area contributed by atoms with E-state index in [1.807, 2.05) is 0 Å². The maximum Gasteiger partial charge on any atom is 0.433 e. The van der Waals surface area contributed by atoms with E-state index in [1.54, 1.807) is 31.7 Å². The van der Waals surface area contributed by atoms with Crippen LogP contribution < -0.4 is 0 Å². The molecule has 3 aromatic rings. The summed E-state index contributed by atoms with van der Waals surface area (Å²) in [5, 5.41) is 4.21. The van der Waals surface area contributed by atoms with Crippen molar-refractivity contribution in [2.45, 2.75) is 45.2 Å². The van der Waals surface area contributed by atoms with Crippen molar-refractivity contribution in [3.05, 3.63) is 53.0 Å². The standard InChI is InChI=1S/C20H21F3N6O/c1-11(2)14-6-17(20(21,22)23)29-18(26-14)7-15(27-29)13-4-5-28(10-13)19(30)16-9-24-12(3)8-25-16/h6-9,11,13H,4-5,10H2,1-3H3/t13-/m1/s1. The molecule has 0 unspecified atom stereocenters. The predicted octanol–water partition coefficient (Wildman–Crippen LogP) is 3.60. The van der Waals surface area contributed by atoms with Crippen molar-refractivity contribution < 1.29 is 18.0 Å². The molecule has 0 bridgehead atoms. The number of rotatable bonds is 3. The summed E-state index contributed by atoms with van der Waals surface area (Å²) in [4.78, 5) is 26.8. The number of hydrogen-bond donors (Lipinski definition) is 0. The van der Waals surface area contributed by atoms with Gasteiger partial charge in [-0.3, -0.25) is 9.78 Å². The van der Waals surface area contributed by atoms with Crippen molar-refractivity contribution >= 4 is 11.6 Å². The van der Waals surface area contributed by atoms with Gasteiger partial charge >= 0.3 is 6.18 Å². The molecule has 0 spiro atoms. The molecule has 1 fully saturated rings. The minimum Gasteiger partial charge on any atom is -0.337 e. The number of likely N-dealkylation sites (tertiary alicyclic amines) is 1. The number of aryl methyl sites for hydroxylation is 1. The molecular formula is C20H21F3N6O. The Labute approximate surface area is 171 Å². The molecule has 1 atom stereocenters. The summed E-state index contributed by atoms with van der Waals surface area (Å²) in [6.45, 7) is 6.21. The Morgan fingerprint density at radius 3 is 2.60 bits per heavy atom. The predicted molar refractivity (Wildman–Crippen MR) is 102 cm³/mol. The van der Waals surface area contributed by atoms with E-state index in [0.717, 1.165) is 10.6 Å². The SMILES string of the molecule is Cc1cnc(C(=O)N2CC[C@@H](c3cc4nc(C(C)C)cc(C(F)(F)F)n4n3)C2)cn1. The number of nitrogens with zero attached hydrogens (tertiary/aromatic N) is 6. The fourth-order valence-corrected chi connectivity index (χ4v) is 3.56. The minimum absolute atomic E-state index is 0.148. The maximum atomic E-state index is 13.6. The number of halogens is 3. The third kappa shape index (κ3) is 3.73. The quantitative estimate of drug-likeness (QED) is 0.650. The van der Waals surface area contributed by atoms with E-state index in [9.17, 15) is 18.0 Å². The third-order valence-electron chi connectivity index (χ3n) is 5.24. The van der Waals surface area contributed by atoms with Gasteiger partial charge in [0.1, 0.15) is 11.4 Å². The molecule has 1 amide bonds. The smallest absolute Gasteiger partial charge is 0.337 e. The van der Waals surface area contributed by atoms with Crippen molar-refractivity contribution in [2.24, 2.45) is 0 Å². The van der Waals surface area contributed by atoms with E-state index in [0.29, 0.717) is 36.6 Å². The highest BCUT2D eigenvalue weighted by atomic mass is 19.4. The molecule has 1 aliphatic heterocycles. The highest BCUT2D eigenvalue weighted by molar-refractivity contribution is 5.92. The summed E-state index contributed by atoms with van der Waals surface area (Å²) in [5.41, 5.74) is 1.14. The van der Waals surface area contributed by atoms with E-state index in [-0.39, 0.29) is 29.1 Å². The van der Waals surface area contributed by atoms with Crippen LogP contribution in [0.2, 0.25) is 0 Å². The molecule has 3 aromatic heterocycles. The van der Waals surface area contributed by atoms with Crippen LogP contribution in [-0.4, -0.2) is 48.5 Å². The maximum absolute atomic E-state index is 13.6. The largest absolute Gasteiger partial charge is 0.433 e. The summed E-state index contributed by atoms with van der Waals surface area (Å²) in [6.07, 6.45) is -0.981. The molecule has 0 saturated carbocycles. The van der Waals surface area contributed by atoms with Crippen LogP contribution in [0, 0.1) is 6.92 Å². The first-order valence-corrected chi connectivity index (χ1v) is 9.69. The molecule has 0 aromatic carbocycles. The number of alkyl halides is 3. The molecule has 7 nitrogen and oxygen atoms in total. The Morgan fingerprint density at radius 1 is 1.20 bits per heavy atom. The average Bonchev–Trinajstić information content (AvgIpc) is 3.33. The molecule has 158 valence electrons. The molecule has 0 radical (unpaired) electrons. The van der Waals surface area contributed by atoms with Gasteiger partial charge in [-0.05, 0) is 25.3 Å². The van der Waals surface area contributed by atoms with Crippen LogP contribution in [0.4, 0.5) is 13.2 Å². The van der Waals surface area contributed by atoms with Gasteiger partial charge in [-0.15, -0.1) is 0 Å². The first-order chi connectivity index (χ1) is 14.1. The number of aromatic nitrogens is 5. The molecular weight excluding hydrogens is 397 g/mol. The first-order valence-electron chi connectivity index (χ1n) is 9.69. The van der Waals surface area contributed by atoms with Gasteiger partial charge in [-0.25, -0.2) is 14.5 Å². The molecule has 0 N–H and O–H groups in total. The Morgan fingerprint density at radius 2 is 1.97 bits per heavy atom. The lowest BCUT2D eigenvalue weighted by Crippen LogP contribution is -2.29. The fourth-order valence-electron chi connectivity index (χ4n) is 3.56. The van der Waals surface area contributed by atoms with Crippen LogP contribution in [-0.2, 0) is 6.18 Å². The van der Waals surface area contributed by atoms with Crippen molar-refractivity contribution in [1.82, 2.24) is 29.5 Å². The van der Waals surface area contributed by atoms with Crippen LogP contribution in [0.1, 0.15) is 65.4 Å². The second kappa shape index (κ2) is 7.33. The second-order valence-electron chi connectivity index (χ2n) is 7.84. The number of carbonyl (C=O) groups is 1. The molecule has 0 aliphatic carbocycles. The van der Waals surface area contributed by atoms with E-state index >= 15 is 0 Å². The Balaban J connectivity index is 1.62. The molecule has 4 rings (SSSR count). The van der Waals surface area contributed by atoms with Crippen molar-refractivity contribution in [1.29, 1.82) is 0 Å². The number of fused-ring (bicyclic) bond motifs is 1. The van der Waals surface area contributed by atoms with Gasteiger partial charge in [-0.1, -0.05) is 13.8 Å². The molecule has 30 heavy (non-hydrogen) atoms. The normalized spacial score (nSPS) is 17.3. The Bertz CT molecular complexity index is 1090. The molecule has 1 aliphatic rings. The van der Waals surface area contributed by atoms with Gasteiger partial charge in [0.2, 0.25) is 0 Å². The zero-order chi connectivity index (χ0) is 21.6. The summed E-state index contributed by atoms with van der Waals surface area (Å²) in [7, 11) is 0. The van der Waals surface area contributed by atoms with Crippen molar-refractivity contribution in [2.75, 3.05) is 13.1 Å². The van der Waals surface area contributed by atoms with Gasteiger partial charge in [0.05, 0.1) is 17.6 Å². The van der Waals surface area contributed by atoms with Gasteiger partial charge in [-0.2, -0.15) is 18.3 Å². The van der Waals surface area contributed by atoms with E-state index < -0.39 is 11.9 Å². The van der Waals surface area contributed by atoms with Crippen LogP contribution in [0.15, 0.2) is 24.5 Å². The zero-order valence-corrected chi connectivity index (χ0v) is 16.8. The highest BCUT2D eigenvalue weighted by Gasteiger charge is 2.36. The van der Waals surface area contributed by atoms with Crippen LogP contribution in [0.5, 0.6) is 0 Å². The lowest BCUT2D eigenvalue weighted by atomic mass is 10.1. The van der Waals surface area contributed by atoms with Gasteiger partial charge in [0.15, 0.2) is 5.65 Å². The topological polar surface area (TPSA) is 76.3 Å². The van der Waals surface area contributed by atoms with Gasteiger partial charge < -0.3 is 4.90 Å².